The van der Waals surface area contributed by atoms with E-state index in [-0.39, 0.29) is 17.4 Å². The number of Topliss-reactive ketones (excluding diaryl/α,β-unsaturated/α-hetero) is 1. The predicted octanol–water partition coefficient (Wildman–Crippen LogP) is -4.56. The smallest absolute Gasteiger partial charge is 0.189 e. The monoisotopic (exact) mass is 210 g/mol. The quantitative estimate of drug-likeness (QED) is 0.292. The van der Waals surface area contributed by atoms with Crippen molar-refractivity contribution in [1.29, 1.82) is 0 Å². The van der Waals surface area contributed by atoms with E-state index in [1.54, 1.807) is 0 Å². The molecule has 0 aromatic heterocycles. The van der Waals surface area contributed by atoms with Gasteiger partial charge in [-0.25, -0.2) is 0 Å². The van der Waals surface area contributed by atoms with Crippen LogP contribution in [0.15, 0.2) is 0 Å². The minimum absolute atomic E-state index is 0. The largest absolute Gasteiger partial charge is 0.394 e. The van der Waals surface area contributed by atoms with Crippen molar-refractivity contribution in [3.05, 3.63) is 0 Å². The third-order valence-electron chi connectivity index (χ3n) is 1.39. The number of hydrogen-bond acceptors (Lipinski definition) is 6. The molecule has 0 aromatic carbocycles. The highest BCUT2D eigenvalue weighted by Gasteiger charge is 2.28. The van der Waals surface area contributed by atoms with Gasteiger partial charge in [0.05, 0.1) is 6.61 Å². The number of aliphatic hydroxyl groups excluding tert-OH is 5. The molecule has 78 valence electrons. The minimum atomic E-state index is -1.86. The van der Waals surface area contributed by atoms with Gasteiger partial charge >= 0.3 is 0 Å². The lowest BCUT2D eigenvalue weighted by molar-refractivity contribution is -0.142. The number of aliphatic hydroxyl groups is 5. The molecule has 0 aliphatic rings. The first-order valence-corrected chi connectivity index (χ1v) is 3.33. The van der Waals surface area contributed by atoms with E-state index in [2.05, 4.69) is 0 Å². The van der Waals surface area contributed by atoms with Crippen LogP contribution in [0, 0.1) is 0 Å². The summed E-state index contributed by atoms with van der Waals surface area (Å²) in [6.07, 6.45) is -5.22. The zero-order valence-electron chi connectivity index (χ0n) is 6.29. The maximum Gasteiger partial charge on any atom is 0.189 e. The Labute approximate surface area is 85.6 Å². The topological polar surface area (TPSA) is 118 Å². The lowest BCUT2D eigenvalue weighted by Gasteiger charge is -2.19. The average molecular weight is 210 g/mol. The van der Waals surface area contributed by atoms with E-state index in [4.69, 9.17) is 25.5 Å². The van der Waals surface area contributed by atoms with E-state index in [0.29, 0.717) is 0 Å². The van der Waals surface area contributed by atoms with Gasteiger partial charge < -0.3 is 25.5 Å². The van der Waals surface area contributed by atoms with E-state index in [9.17, 15) is 4.79 Å². The second kappa shape index (κ2) is 7.41. The Bertz CT molecular complexity index is 152. The van der Waals surface area contributed by atoms with Crippen LogP contribution in [0.3, 0.4) is 0 Å². The van der Waals surface area contributed by atoms with Crippen molar-refractivity contribution < 1.29 is 30.3 Å². The van der Waals surface area contributed by atoms with Gasteiger partial charge in [-0.2, -0.15) is 0 Å². The summed E-state index contributed by atoms with van der Waals surface area (Å²) in [5.74, 6) is -1.00. The Kier molecular flexibility index (Phi) is 8.82. The van der Waals surface area contributed by atoms with Gasteiger partial charge in [-0.3, -0.25) is 4.79 Å². The Morgan fingerprint density at radius 2 is 1.62 bits per heavy atom. The Morgan fingerprint density at radius 1 is 1.15 bits per heavy atom. The SMILES string of the molecule is O=C(CO)[C@H](O)[C@@H](O)[C@H](O)CO.[AlH3]. The molecule has 3 atom stereocenters. The predicted molar refractivity (Wildman–Crippen MR) is 47.1 cm³/mol. The molecule has 0 rings (SSSR count). The van der Waals surface area contributed by atoms with Crippen LogP contribution in [0.2, 0.25) is 0 Å². The van der Waals surface area contributed by atoms with Crippen molar-refractivity contribution >= 4 is 23.1 Å². The molecule has 0 bridgehead atoms. The molecule has 0 heterocycles. The van der Waals surface area contributed by atoms with Crippen LogP contribution in [0.4, 0.5) is 0 Å². The van der Waals surface area contributed by atoms with Crippen LogP contribution in [0.5, 0.6) is 0 Å². The first-order chi connectivity index (χ1) is 5.54. The molecule has 0 saturated heterocycles. The number of hydrogen-bond donors (Lipinski definition) is 5. The summed E-state index contributed by atoms with van der Waals surface area (Å²) < 4.78 is 0. The summed E-state index contributed by atoms with van der Waals surface area (Å²) >= 11 is 0. The van der Waals surface area contributed by atoms with Gasteiger partial charge in [-0.15, -0.1) is 0 Å². The molecule has 0 unspecified atom stereocenters. The van der Waals surface area contributed by atoms with Crippen molar-refractivity contribution in [2.45, 2.75) is 18.3 Å². The Balaban J connectivity index is 0. The fourth-order valence-electron chi connectivity index (χ4n) is 0.602. The van der Waals surface area contributed by atoms with Crippen LogP contribution < -0.4 is 0 Å². The third-order valence-corrected chi connectivity index (χ3v) is 1.39. The standard InChI is InChI=1S/C6H12O6.Al.3H/c7-1-3(9)5(11)6(12)4(10)2-8;;;;/h3,5-9,11-12H,1-2H2;;;;/t3-,5+,6+;;;;/m1..../s1. The van der Waals surface area contributed by atoms with Crippen molar-refractivity contribution in [3.8, 4) is 0 Å². The summed E-state index contributed by atoms with van der Waals surface area (Å²) in [4.78, 5) is 10.5. The van der Waals surface area contributed by atoms with Gasteiger partial charge in [0, 0.05) is 0 Å². The average Bonchev–Trinajstić information content (AvgIpc) is 2.12. The van der Waals surface area contributed by atoms with Crippen molar-refractivity contribution in [3.63, 3.8) is 0 Å². The summed E-state index contributed by atoms with van der Waals surface area (Å²) in [6.45, 7) is -1.69. The maximum atomic E-state index is 10.5. The summed E-state index contributed by atoms with van der Waals surface area (Å²) in [5.41, 5.74) is 0. The Hall–Kier alpha value is 0.00247. The molecular weight excluding hydrogens is 195 g/mol. The molecule has 0 spiro atoms. The molecule has 6 nitrogen and oxygen atoms in total. The molecular formula is C6H15AlO6. The third kappa shape index (κ3) is 4.69. The molecule has 0 radical (unpaired) electrons. The molecule has 0 aromatic rings. The highest BCUT2D eigenvalue weighted by atomic mass is 27.0. The summed E-state index contributed by atoms with van der Waals surface area (Å²) in [6, 6.07) is 0. The lowest BCUT2D eigenvalue weighted by atomic mass is 10.1. The summed E-state index contributed by atoms with van der Waals surface area (Å²) in [5, 5.41) is 43.1. The van der Waals surface area contributed by atoms with E-state index in [1.807, 2.05) is 0 Å². The first-order valence-electron chi connectivity index (χ1n) is 3.33. The molecule has 0 fully saturated rings. The van der Waals surface area contributed by atoms with Gasteiger partial charge in [0.1, 0.15) is 24.9 Å². The molecule has 0 aliphatic carbocycles. The second-order valence-corrected chi connectivity index (χ2v) is 2.31. The maximum absolute atomic E-state index is 10.5. The zero-order chi connectivity index (χ0) is 9.72. The van der Waals surface area contributed by atoms with Crippen LogP contribution in [-0.4, -0.2) is 80.2 Å². The molecule has 0 aliphatic heterocycles. The molecule has 0 saturated carbocycles. The van der Waals surface area contributed by atoms with Crippen LogP contribution >= 0.6 is 0 Å². The normalized spacial score (nSPS) is 17.0. The zero-order valence-corrected chi connectivity index (χ0v) is 6.29. The number of carbonyl (C=O) groups excluding carboxylic acids is 1. The van der Waals surface area contributed by atoms with Crippen molar-refractivity contribution in [2.24, 2.45) is 0 Å². The van der Waals surface area contributed by atoms with Crippen molar-refractivity contribution in [1.82, 2.24) is 0 Å². The highest BCUT2D eigenvalue weighted by molar-refractivity contribution is 5.84. The Morgan fingerprint density at radius 3 is 1.92 bits per heavy atom. The van der Waals surface area contributed by atoms with E-state index >= 15 is 0 Å². The molecule has 0 amide bonds. The number of ketones is 1. The van der Waals surface area contributed by atoms with Gasteiger partial charge in [0.15, 0.2) is 23.1 Å². The highest BCUT2D eigenvalue weighted by Crippen LogP contribution is 2.00. The molecule has 13 heavy (non-hydrogen) atoms. The van der Waals surface area contributed by atoms with Gasteiger partial charge in [-0.1, -0.05) is 0 Å². The van der Waals surface area contributed by atoms with Crippen LogP contribution in [-0.2, 0) is 4.79 Å². The lowest BCUT2D eigenvalue weighted by Crippen LogP contribution is -2.44. The van der Waals surface area contributed by atoms with Gasteiger partial charge in [-0.05, 0) is 0 Å². The molecule has 7 heteroatoms. The van der Waals surface area contributed by atoms with E-state index in [0.717, 1.165) is 0 Å². The van der Waals surface area contributed by atoms with Gasteiger partial charge in [0.25, 0.3) is 0 Å². The minimum Gasteiger partial charge on any atom is -0.394 e. The summed E-state index contributed by atoms with van der Waals surface area (Å²) in [7, 11) is 0. The fourth-order valence-corrected chi connectivity index (χ4v) is 0.602. The second-order valence-electron chi connectivity index (χ2n) is 2.31. The fraction of sp³-hybridized carbons (Fsp3) is 0.833. The van der Waals surface area contributed by atoms with Gasteiger partial charge in [0.2, 0.25) is 0 Å². The number of rotatable bonds is 5. The van der Waals surface area contributed by atoms with Crippen molar-refractivity contribution in [2.75, 3.05) is 13.2 Å². The van der Waals surface area contributed by atoms with E-state index < -0.39 is 37.3 Å². The first kappa shape index (κ1) is 15.5. The van der Waals surface area contributed by atoms with Crippen LogP contribution in [0.1, 0.15) is 0 Å². The number of carbonyl (C=O) groups is 1. The molecule has 5 N–H and O–H groups in total. The van der Waals surface area contributed by atoms with E-state index in [1.165, 1.54) is 0 Å². The van der Waals surface area contributed by atoms with Crippen LogP contribution in [0.25, 0.3) is 0 Å².